The lowest BCUT2D eigenvalue weighted by molar-refractivity contribution is 0.0708. The van der Waals surface area contributed by atoms with Gasteiger partial charge in [0.05, 0.1) is 11.8 Å². The standard InChI is InChI=1S/C22H18FN3O/c1-15-6-8-16(9-7-15)20-14-21(18-4-2-3-5-19(18)23)26(25-20)22(27)17-10-12-24-13-11-17/h2-13,21H,14H2,1H3/t21-/m0/s1. The molecule has 0 unspecified atom stereocenters. The number of hydrogen-bond donors (Lipinski definition) is 0. The van der Waals surface area contributed by atoms with Crippen LogP contribution in [-0.2, 0) is 0 Å². The van der Waals surface area contributed by atoms with Gasteiger partial charge < -0.3 is 0 Å². The average Bonchev–Trinajstić information content (AvgIpc) is 3.14. The summed E-state index contributed by atoms with van der Waals surface area (Å²) in [5.41, 5.74) is 3.79. The van der Waals surface area contributed by atoms with Crippen molar-refractivity contribution in [3.8, 4) is 0 Å². The fraction of sp³-hybridized carbons (Fsp3) is 0.136. The second kappa shape index (κ2) is 7.11. The van der Waals surface area contributed by atoms with E-state index in [4.69, 9.17) is 0 Å². The molecule has 1 amide bonds. The molecule has 1 aromatic heterocycles. The van der Waals surface area contributed by atoms with Crippen molar-refractivity contribution in [2.45, 2.75) is 19.4 Å². The van der Waals surface area contributed by atoms with Gasteiger partial charge in [-0.3, -0.25) is 9.78 Å². The van der Waals surface area contributed by atoms with E-state index >= 15 is 0 Å². The second-order valence-electron chi connectivity index (χ2n) is 6.54. The van der Waals surface area contributed by atoms with Crippen molar-refractivity contribution in [2.24, 2.45) is 5.10 Å². The van der Waals surface area contributed by atoms with Gasteiger partial charge in [-0.25, -0.2) is 9.40 Å². The number of amides is 1. The minimum atomic E-state index is -0.483. The maximum Gasteiger partial charge on any atom is 0.274 e. The fourth-order valence-electron chi connectivity index (χ4n) is 3.23. The molecule has 5 heteroatoms. The number of aryl methyl sites for hydroxylation is 1. The number of carbonyl (C=O) groups excluding carboxylic acids is 1. The summed E-state index contributed by atoms with van der Waals surface area (Å²) in [6.07, 6.45) is 3.58. The summed E-state index contributed by atoms with van der Waals surface area (Å²) in [5, 5.41) is 5.97. The molecule has 3 aromatic rings. The molecule has 27 heavy (non-hydrogen) atoms. The van der Waals surface area contributed by atoms with Crippen molar-refractivity contribution < 1.29 is 9.18 Å². The van der Waals surface area contributed by atoms with Crippen LogP contribution in [0.25, 0.3) is 0 Å². The summed E-state index contributed by atoms with van der Waals surface area (Å²) in [5.74, 6) is -0.608. The van der Waals surface area contributed by atoms with E-state index < -0.39 is 6.04 Å². The van der Waals surface area contributed by atoms with Gasteiger partial charge in [-0.1, -0.05) is 48.0 Å². The van der Waals surface area contributed by atoms with Crippen molar-refractivity contribution in [2.75, 3.05) is 0 Å². The Balaban J connectivity index is 1.75. The highest BCUT2D eigenvalue weighted by Gasteiger charge is 2.35. The van der Waals surface area contributed by atoms with Crippen molar-refractivity contribution in [1.29, 1.82) is 0 Å². The molecule has 0 bridgehead atoms. The molecule has 0 radical (unpaired) electrons. The summed E-state index contributed by atoms with van der Waals surface area (Å²) >= 11 is 0. The summed E-state index contributed by atoms with van der Waals surface area (Å²) in [6.45, 7) is 2.02. The summed E-state index contributed by atoms with van der Waals surface area (Å²) in [6, 6.07) is 17.3. The Bertz CT molecular complexity index is 1000. The van der Waals surface area contributed by atoms with E-state index in [2.05, 4.69) is 10.1 Å². The molecule has 0 aliphatic carbocycles. The van der Waals surface area contributed by atoms with Crippen LogP contribution < -0.4 is 0 Å². The van der Waals surface area contributed by atoms with Crippen LogP contribution in [0, 0.1) is 12.7 Å². The Kier molecular flexibility index (Phi) is 4.50. The van der Waals surface area contributed by atoms with Crippen LogP contribution in [-0.4, -0.2) is 21.6 Å². The molecule has 1 aliphatic heterocycles. The maximum atomic E-state index is 14.5. The quantitative estimate of drug-likeness (QED) is 0.690. The van der Waals surface area contributed by atoms with E-state index in [0.717, 1.165) is 16.8 Å². The van der Waals surface area contributed by atoms with Crippen molar-refractivity contribution in [1.82, 2.24) is 9.99 Å². The number of benzene rings is 2. The van der Waals surface area contributed by atoms with Gasteiger partial charge in [0, 0.05) is 29.9 Å². The second-order valence-corrected chi connectivity index (χ2v) is 6.54. The van der Waals surface area contributed by atoms with Gasteiger partial charge in [-0.05, 0) is 30.7 Å². The van der Waals surface area contributed by atoms with Crippen LogP contribution in [0.4, 0.5) is 4.39 Å². The Morgan fingerprint density at radius 3 is 2.44 bits per heavy atom. The molecule has 4 rings (SSSR count). The topological polar surface area (TPSA) is 45.6 Å². The van der Waals surface area contributed by atoms with E-state index in [1.54, 1.807) is 42.7 Å². The van der Waals surface area contributed by atoms with Crippen LogP contribution in [0.2, 0.25) is 0 Å². The first-order valence-corrected chi connectivity index (χ1v) is 8.76. The molecule has 1 atom stereocenters. The van der Waals surface area contributed by atoms with E-state index in [0.29, 0.717) is 17.5 Å². The summed E-state index contributed by atoms with van der Waals surface area (Å²) < 4.78 is 14.5. The lowest BCUT2D eigenvalue weighted by atomic mass is 9.97. The predicted molar refractivity (Wildman–Crippen MR) is 102 cm³/mol. The zero-order valence-corrected chi connectivity index (χ0v) is 14.8. The molecule has 0 saturated heterocycles. The fourth-order valence-corrected chi connectivity index (χ4v) is 3.23. The lowest BCUT2D eigenvalue weighted by Crippen LogP contribution is -2.27. The number of aromatic nitrogens is 1. The largest absolute Gasteiger partial charge is 0.274 e. The van der Waals surface area contributed by atoms with Crippen LogP contribution in [0.1, 0.15) is 39.5 Å². The SMILES string of the molecule is Cc1ccc(C2=NN(C(=O)c3ccncc3)[C@H](c3ccccc3F)C2)cc1. The van der Waals surface area contributed by atoms with Crippen molar-refractivity contribution in [3.05, 3.63) is 101 Å². The number of rotatable bonds is 3. The number of hydrazone groups is 1. The van der Waals surface area contributed by atoms with E-state index in [-0.39, 0.29) is 11.7 Å². The van der Waals surface area contributed by atoms with Crippen molar-refractivity contribution in [3.63, 3.8) is 0 Å². The highest BCUT2D eigenvalue weighted by Crippen LogP contribution is 2.35. The highest BCUT2D eigenvalue weighted by molar-refractivity contribution is 6.05. The van der Waals surface area contributed by atoms with Gasteiger partial charge in [0.15, 0.2) is 0 Å². The predicted octanol–water partition coefficient (Wildman–Crippen LogP) is 4.52. The van der Waals surface area contributed by atoms with Crippen LogP contribution in [0.5, 0.6) is 0 Å². The Morgan fingerprint density at radius 2 is 1.74 bits per heavy atom. The molecule has 1 aliphatic rings. The zero-order valence-electron chi connectivity index (χ0n) is 14.8. The molecule has 2 heterocycles. The number of halogens is 1. The van der Waals surface area contributed by atoms with Crippen LogP contribution >= 0.6 is 0 Å². The van der Waals surface area contributed by atoms with E-state index in [1.807, 2.05) is 31.2 Å². The number of hydrogen-bond acceptors (Lipinski definition) is 3. The van der Waals surface area contributed by atoms with Gasteiger partial charge in [0.2, 0.25) is 0 Å². The van der Waals surface area contributed by atoms with E-state index in [9.17, 15) is 9.18 Å². The normalized spacial score (nSPS) is 16.3. The Morgan fingerprint density at radius 1 is 1.04 bits per heavy atom. The minimum absolute atomic E-state index is 0.271. The molecule has 134 valence electrons. The monoisotopic (exact) mass is 359 g/mol. The average molecular weight is 359 g/mol. The van der Waals surface area contributed by atoms with Gasteiger partial charge in [0.25, 0.3) is 5.91 Å². The molecule has 2 aromatic carbocycles. The highest BCUT2D eigenvalue weighted by atomic mass is 19.1. The van der Waals surface area contributed by atoms with Crippen LogP contribution in [0.15, 0.2) is 78.2 Å². The molecule has 0 saturated carbocycles. The molecule has 4 nitrogen and oxygen atoms in total. The van der Waals surface area contributed by atoms with Crippen molar-refractivity contribution >= 4 is 11.6 Å². The molecular weight excluding hydrogens is 341 g/mol. The third-order valence-electron chi connectivity index (χ3n) is 4.69. The smallest absolute Gasteiger partial charge is 0.267 e. The first-order chi connectivity index (χ1) is 13.1. The molecular formula is C22H18FN3O. The third kappa shape index (κ3) is 3.36. The summed E-state index contributed by atoms with van der Waals surface area (Å²) in [4.78, 5) is 17.0. The first-order valence-electron chi connectivity index (χ1n) is 8.76. The summed E-state index contributed by atoms with van der Waals surface area (Å²) in [7, 11) is 0. The van der Waals surface area contributed by atoms with Gasteiger partial charge in [0.1, 0.15) is 5.82 Å². The Hall–Kier alpha value is -3.34. The van der Waals surface area contributed by atoms with Gasteiger partial charge in [-0.2, -0.15) is 5.10 Å². The van der Waals surface area contributed by atoms with E-state index in [1.165, 1.54) is 11.1 Å². The maximum absolute atomic E-state index is 14.5. The first kappa shape index (κ1) is 17.1. The Labute approximate surface area is 157 Å². The molecule has 0 N–H and O–H groups in total. The number of pyridine rings is 1. The van der Waals surface area contributed by atoms with Gasteiger partial charge >= 0.3 is 0 Å². The third-order valence-corrected chi connectivity index (χ3v) is 4.69. The molecule has 0 spiro atoms. The van der Waals surface area contributed by atoms with Crippen LogP contribution in [0.3, 0.4) is 0 Å². The van der Waals surface area contributed by atoms with Gasteiger partial charge in [-0.15, -0.1) is 0 Å². The minimum Gasteiger partial charge on any atom is -0.267 e. The molecule has 0 fully saturated rings. The zero-order chi connectivity index (χ0) is 18.8. The number of carbonyl (C=O) groups is 1. The number of nitrogens with zero attached hydrogens (tertiary/aromatic N) is 3. The lowest BCUT2D eigenvalue weighted by Gasteiger charge is -2.22.